The van der Waals surface area contributed by atoms with Gasteiger partial charge in [0.1, 0.15) is 4.90 Å². The molecular formula is C14H11BrF3NO6S2. The quantitative estimate of drug-likeness (QED) is 0.666. The van der Waals surface area contributed by atoms with E-state index in [9.17, 15) is 35.1 Å². The molecule has 7 nitrogen and oxygen atoms in total. The van der Waals surface area contributed by atoms with Crippen molar-refractivity contribution in [3.8, 4) is 11.5 Å². The van der Waals surface area contributed by atoms with Gasteiger partial charge in [-0.15, -0.1) is 13.2 Å². The topological polar surface area (TPSA) is 110 Å². The summed E-state index contributed by atoms with van der Waals surface area (Å²) in [6.07, 6.45) is -4.24. The maximum Gasteiger partial charge on any atom is 0.573 e. The number of anilines is 1. The minimum absolute atomic E-state index is 0.107. The predicted molar refractivity (Wildman–Crippen MR) is 92.9 cm³/mol. The Bertz CT molecular complexity index is 1080. The maximum absolute atomic E-state index is 12.5. The van der Waals surface area contributed by atoms with Crippen LogP contribution in [0.4, 0.5) is 18.9 Å². The fourth-order valence-electron chi connectivity index (χ4n) is 1.96. The van der Waals surface area contributed by atoms with Gasteiger partial charge in [-0.05, 0) is 30.3 Å². The first-order chi connectivity index (χ1) is 12.2. The third kappa shape index (κ3) is 5.49. The van der Waals surface area contributed by atoms with E-state index in [1.165, 1.54) is 18.2 Å². The number of sulfonamides is 1. The summed E-state index contributed by atoms with van der Waals surface area (Å²) in [6.45, 7) is 0. The van der Waals surface area contributed by atoms with E-state index in [0.717, 1.165) is 24.5 Å². The first kappa shape index (κ1) is 21.3. The molecule has 0 saturated carbocycles. The molecule has 0 aliphatic rings. The molecule has 13 heteroatoms. The lowest BCUT2D eigenvalue weighted by molar-refractivity contribution is -0.275. The molecule has 27 heavy (non-hydrogen) atoms. The van der Waals surface area contributed by atoms with E-state index in [4.69, 9.17) is 0 Å². The average molecular weight is 490 g/mol. The zero-order valence-electron chi connectivity index (χ0n) is 13.3. The van der Waals surface area contributed by atoms with Crippen molar-refractivity contribution < 1.29 is 39.9 Å². The van der Waals surface area contributed by atoms with E-state index >= 15 is 0 Å². The second-order valence-corrected chi connectivity index (χ2v) is 9.79. The van der Waals surface area contributed by atoms with Crippen LogP contribution in [0.1, 0.15) is 0 Å². The molecule has 0 atom stereocenters. The molecule has 0 unspecified atom stereocenters. The average Bonchev–Trinajstić information content (AvgIpc) is 2.48. The molecule has 0 saturated heterocycles. The molecule has 0 aliphatic heterocycles. The van der Waals surface area contributed by atoms with Crippen molar-refractivity contribution >= 4 is 41.5 Å². The SMILES string of the molecule is CS(=O)(=O)c1cccc(NS(=O)(=O)c2cc(Br)cc(OC(F)(F)F)c2O)c1. The second kappa shape index (κ2) is 7.20. The van der Waals surface area contributed by atoms with Crippen molar-refractivity contribution in [3.63, 3.8) is 0 Å². The van der Waals surface area contributed by atoms with Crippen molar-refractivity contribution in [1.82, 2.24) is 0 Å². The van der Waals surface area contributed by atoms with Crippen LogP contribution in [0.5, 0.6) is 11.5 Å². The normalized spacial score (nSPS) is 12.6. The highest BCUT2D eigenvalue weighted by atomic mass is 79.9. The zero-order valence-corrected chi connectivity index (χ0v) is 16.5. The number of aromatic hydroxyl groups is 1. The third-order valence-corrected chi connectivity index (χ3v) is 6.00. The molecule has 0 aromatic heterocycles. The largest absolute Gasteiger partial charge is 0.573 e. The van der Waals surface area contributed by atoms with E-state index in [1.54, 1.807) is 0 Å². The maximum atomic E-state index is 12.5. The molecule has 0 heterocycles. The summed E-state index contributed by atoms with van der Waals surface area (Å²) in [6, 6.07) is 6.36. The van der Waals surface area contributed by atoms with Crippen LogP contribution in [-0.2, 0) is 19.9 Å². The summed E-state index contributed by atoms with van der Waals surface area (Å²) in [5.41, 5.74) is -0.171. The molecule has 0 bridgehead atoms. The number of rotatable bonds is 5. The van der Waals surface area contributed by atoms with Crippen molar-refractivity contribution in [2.75, 3.05) is 11.0 Å². The number of hydrogen-bond acceptors (Lipinski definition) is 6. The lowest BCUT2D eigenvalue weighted by Crippen LogP contribution is -2.18. The minimum atomic E-state index is -5.16. The molecule has 0 fully saturated rings. The van der Waals surface area contributed by atoms with E-state index in [0.29, 0.717) is 0 Å². The number of alkyl halides is 3. The van der Waals surface area contributed by atoms with Gasteiger partial charge < -0.3 is 9.84 Å². The number of benzene rings is 2. The molecule has 2 rings (SSSR count). The van der Waals surface area contributed by atoms with Crippen molar-refractivity contribution in [3.05, 3.63) is 40.9 Å². The van der Waals surface area contributed by atoms with Crippen LogP contribution in [0, 0.1) is 0 Å². The summed E-state index contributed by atoms with van der Waals surface area (Å²) in [7, 11) is -8.20. The fourth-order valence-corrected chi connectivity index (χ4v) is 4.40. The lowest BCUT2D eigenvalue weighted by Gasteiger charge is -2.15. The molecular weight excluding hydrogens is 479 g/mol. The molecule has 0 aliphatic carbocycles. The Hall–Kier alpha value is -1.99. The van der Waals surface area contributed by atoms with Crippen LogP contribution in [0.15, 0.2) is 50.7 Å². The van der Waals surface area contributed by atoms with Gasteiger partial charge in [-0.25, -0.2) is 16.8 Å². The molecule has 148 valence electrons. The van der Waals surface area contributed by atoms with Crippen LogP contribution >= 0.6 is 15.9 Å². The first-order valence-electron chi connectivity index (χ1n) is 6.80. The lowest BCUT2D eigenvalue weighted by atomic mass is 10.3. The number of halogens is 4. The highest BCUT2D eigenvalue weighted by Crippen LogP contribution is 2.39. The van der Waals surface area contributed by atoms with Gasteiger partial charge in [0, 0.05) is 10.7 Å². The Morgan fingerprint density at radius 3 is 2.30 bits per heavy atom. The fraction of sp³-hybridized carbons (Fsp3) is 0.143. The smallest absolute Gasteiger partial charge is 0.503 e. The van der Waals surface area contributed by atoms with Gasteiger partial charge in [0.05, 0.1) is 10.6 Å². The summed E-state index contributed by atoms with van der Waals surface area (Å²) >= 11 is 2.84. The Morgan fingerprint density at radius 2 is 1.74 bits per heavy atom. The van der Waals surface area contributed by atoms with Gasteiger partial charge in [-0.1, -0.05) is 22.0 Å². The molecule has 2 aromatic carbocycles. The second-order valence-electron chi connectivity index (χ2n) is 5.20. The molecule has 0 amide bonds. The van der Waals surface area contributed by atoms with Gasteiger partial charge in [-0.3, -0.25) is 4.72 Å². The zero-order chi connectivity index (χ0) is 20.6. The number of hydrogen-bond donors (Lipinski definition) is 2. The van der Waals surface area contributed by atoms with Crippen LogP contribution in [-0.4, -0.2) is 34.6 Å². The summed E-state index contributed by atoms with van der Waals surface area (Å²) in [5, 5.41) is 9.91. The number of phenolic OH excluding ortho intramolecular Hbond substituents is 1. The Labute approximate surface area is 160 Å². The van der Waals surface area contributed by atoms with Crippen LogP contribution in [0.25, 0.3) is 0 Å². The van der Waals surface area contributed by atoms with Gasteiger partial charge in [0.15, 0.2) is 21.3 Å². The molecule has 2 aromatic rings. The number of phenols is 1. The van der Waals surface area contributed by atoms with Gasteiger partial charge in [0.25, 0.3) is 10.0 Å². The Balaban J connectivity index is 2.49. The van der Waals surface area contributed by atoms with Gasteiger partial charge in [-0.2, -0.15) is 0 Å². The highest BCUT2D eigenvalue weighted by Gasteiger charge is 2.34. The third-order valence-electron chi connectivity index (χ3n) is 3.03. The summed E-state index contributed by atoms with van der Waals surface area (Å²) in [4.78, 5) is -1.08. The minimum Gasteiger partial charge on any atom is -0.503 e. The van der Waals surface area contributed by atoms with Crippen molar-refractivity contribution in [2.45, 2.75) is 16.2 Å². The van der Waals surface area contributed by atoms with Crippen molar-refractivity contribution in [1.29, 1.82) is 0 Å². The van der Waals surface area contributed by atoms with E-state index in [1.807, 2.05) is 4.72 Å². The highest BCUT2D eigenvalue weighted by molar-refractivity contribution is 9.10. The van der Waals surface area contributed by atoms with Gasteiger partial charge >= 0.3 is 6.36 Å². The van der Waals surface area contributed by atoms with Crippen LogP contribution < -0.4 is 9.46 Å². The van der Waals surface area contributed by atoms with E-state index in [-0.39, 0.29) is 15.1 Å². The number of nitrogens with one attached hydrogen (secondary N) is 1. The monoisotopic (exact) mass is 489 g/mol. The summed E-state index contributed by atoms with van der Waals surface area (Å²) in [5.74, 6) is -2.38. The number of ether oxygens (including phenoxy) is 1. The predicted octanol–water partition coefficient (Wildman–Crippen LogP) is 3.26. The molecule has 0 radical (unpaired) electrons. The molecule has 2 N–H and O–H groups in total. The van der Waals surface area contributed by atoms with Crippen LogP contribution in [0.2, 0.25) is 0 Å². The Kier molecular flexibility index (Phi) is 5.69. The van der Waals surface area contributed by atoms with Gasteiger partial charge in [0.2, 0.25) is 0 Å². The number of sulfone groups is 1. The molecule has 0 spiro atoms. The van der Waals surface area contributed by atoms with E-state index < -0.39 is 42.6 Å². The van der Waals surface area contributed by atoms with Crippen LogP contribution in [0.3, 0.4) is 0 Å². The van der Waals surface area contributed by atoms with Crippen molar-refractivity contribution in [2.24, 2.45) is 0 Å². The standard InChI is InChI=1S/C14H11BrF3NO6S2/c1-26(21,22)10-4-2-3-9(7-10)19-27(23,24)12-6-8(15)5-11(13(12)20)25-14(16,17)18/h2-7,19-20H,1H3. The Morgan fingerprint density at radius 1 is 1.11 bits per heavy atom. The van der Waals surface area contributed by atoms with E-state index in [2.05, 4.69) is 20.7 Å². The first-order valence-corrected chi connectivity index (χ1v) is 11.0. The summed E-state index contributed by atoms with van der Waals surface area (Å²) < 4.78 is 90.8.